The Balaban J connectivity index is 4.46. The number of carbonyl (C=O) groups excluding carboxylic acids is 3. The summed E-state index contributed by atoms with van der Waals surface area (Å²) >= 11 is 0. The molecule has 71 heavy (non-hydrogen) atoms. The molecule has 402 valence electrons. The van der Waals surface area contributed by atoms with Crippen LogP contribution < -0.4 is 0 Å². The van der Waals surface area contributed by atoms with E-state index in [2.05, 4.69) is 142 Å². The van der Waals surface area contributed by atoms with Crippen LogP contribution in [-0.2, 0) is 28.6 Å². The molecule has 0 N–H and O–H groups in total. The highest BCUT2D eigenvalue weighted by Gasteiger charge is 2.19. The number of allylic oxidation sites excluding steroid dienone is 20. The van der Waals surface area contributed by atoms with Crippen LogP contribution in [0.2, 0.25) is 0 Å². The van der Waals surface area contributed by atoms with E-state index in [0.29, 0.717) is 19.3 Å². The second-order valence-corrected chi connectivity index (χ2v) is 18.8. The van der Waals surface area contributed by atoms with Crippen molar-refractivity contribution in [2.24, 2.45) is 0 Å². The van der Waals surface area contributed by atoms with Crippen LogP contribution in [0.1, 0.15) is 252 Å². The van der Waals surface area contributed by atoms with E-state index < -0.39 is 6.10 Å². The summed E-state index contributed by atoms with van der Waals surface area (Å²) < 4.78 is 16.8. The molecule has 0 spiro atoms. The lowest BCUT2D eigenvalue weighted by Crippen LogP contribution is -2.30. The molecule has 0 rings (SSSR count). The van der Waals surface area contributed by atoms with Crippen LogP contribution in [-0.4, -0.2) is 37.2 Å². The Morgan fingerprint density at radius 1 is 0.296 bits per heavy atom. The lowest BCUT2D eigenvalue weighted by molar-refractivity contribution is -0.167. The fourth-order valence-corrected chi connectivity index (χ4v) is 7.68. The predicted molar refractivity (Wildman–Crippen MR) is 306 cm³/mol. The van der Waals surface area contributed by atoms with Crippen molar-refractivity contribution in [3.63, 3.8) is 0 Å². The summed E-state index contributed by atoms with van der Waals surface area (Å²) in [5.74, 6) is -0.975. The lowest BCUT2D eigenvalue weighted by atomic mass is 10.0. The van der Waals surface area contributed by atoms with E-state index in [1.54, 1.807) is 0 Å². The van der Waals surface area contributed by atoms with Crippen molar-refractivity contribution in [1.29, 1.82) is 0 Å². The van der Waals surface area contributed by atoms with Crippen molar-refractivity contribution in [2.75, 3.05) is 13.2 Å². The van der Waals surface area contributed by atoms with Gasteiger partial charge in [0.1, 0.15) is 13.2 Å². The van der Waals surface area contributed by atoms with E-state index in [0.717, 1.165) is 116 Å². The number of hydrogen-bond donors (Lipinski definition) is 0. The summed E-state index contributed by atoms with van der Waals surface area (Å²) in [5, 5.41) is 0. The first-order valence-electron chi connectivity index (χ1n) is 29.0. The molecule has 0 saturated carbocycles. The Kier molecular flexibility index (Phi) is 54.9. The van der Waals surface area contributed by atoms with E-state index in [9.17, 15) is 14.4 Å². The number of esters is 3. The molecule has 0 aliphatic heterocycles. The SMILES string of the molecule is CC/C=C\C/C=C\C/C=C\C/C=C\C/C=C\CCCCCCCCCC(=O)OCC(COC(=O)CCCCCCCCCCCCCCC)OC(=O)CCC/C=C\C/C=C\C/C=C\C/C=C\C/C=C\CC. The first-order chi connectivity index (χ1) is 35.0. The Morgan fingerprint density at radius 2 is 0.563 bits per heavy atom. The maximum absolute atomic E-state index is 12.8. The largest absolute Gasteiger partial charge is 0.462 e. The molecule has 0 aromatic heterocycles. The van der Waals surface area contributed by atoms with Gasteiger partial charge in [0, 0.05) is 19.3 Å². The molecular weight excluding hydrogens is 877 g/mol. The molecule has 1 atom stereocenters. The van der Waals surface area contributed by atoms with Crippen LogP contribution in [0.3, 0.4) is 0 Å². The smallest absolute Gasteiger partial charge is 0.306 e. The molecule has 0 aromatic carbocycles. The van der Waals surface area contributed by atoms with Gasteiger partial charge in [0.25, 0.3) is 0 Å². The highest BCUT2D eigenvalue weighted by molar-refractivity contribution is 5.71. The fourth-order valence-electron chi connectivity index (χ4n) is 7.68. The maximum atomic E-state index is 12.8. The number of carbonyl (C=O) groups is 3. The maximum Gasteiger partial charge on any atom is 0.306 e. The minimum atomic E-state index is -0.814. The summed E-state index contributed by atoms with van der Waals surface area (Å²) in [5.41, 5.74) is 0. The lowest BCUT2D eigenvalue weighted by Gasteiger charge is -2.18. The van der Waals surface area contributed by atoms with Crippen molar-refractivity contribution < 1.29 is 28.6 Å². The van der Waals surface area contributed by atoms with Gasteiger partial charge in [-0.2, -0.15) is 0 Å². The second-order valence-electron chi connectivity index (χ2n) is 18.8. The molecule has 6 heteroatoms. The number of ether oxygens (including phenoxy) is 3. The van der Waals surface area contributed by atoms with Crippen molar-refractivity contribution in [2.45, 2.75) is 258 Å². The molecule has 0 aromatic rings. The van der Waals surface area contributed by atoms with Gasteiger partial charge in [0.05, 0.1) is 0 Å². The Hall–Kier alpha value is -4.19. The molecule has 0 heterocycles. The minimum Gasteiger partial charge on any atom is -0.462 e. The molecule has 0 bridgehead atoms. The number of unbranched alkanes of at least 4 members (excludes halogenated alkanes) is 20. The molecule has 1 unspecified atom stereocenters. The average molecular weight is 984 g/mol. The quantitative estimate of drug-likeness (QED) is 0.0261. The van der Waals surface area contributed by atoms with Gasteiger partial charge >= 0.3 is 17.9 Å². The first-order valence-corrected chi connectivity index (χ1v) is 29.0. The van der Waals surface area contributed by atoms with Gasteiger partial charge in [0.15, 0.2) is 6.10 Å². The predicted octanol–water partition coefficient (Wildman–Crippen LogP) is 19.6. The molecule has 0 aliphatic rings. The standard InChI is InChI=1S/C65H106O6/c1-4-7-10-13-16-19-22-25-27-29-30-31-32-33-34-36-37-40-43-46-49-52-55-58-64(67)70-61-62(60-69-63(66)57-54-51-48-45-42-39-24-21-18-15-12-9-6-3)71-65(68)59-56-53-50-47-44-41-38-35-28-26-23-20-17-14-11-8-5-2/h7-8,10-11,16-17,19-20,25-28,30-31,33-34,38,41,47,50,62H,4-6,9,12-15,18,21-24,29,32,35-37,39-40,42-46,48-49,51-61H2,1-3H3/b10-7-,11-8-,19-16-,20-17-,27-25-,28-26-,31-30-,34-33-,41-38-,50-47-. The van der Waals surface area contributed by atoms with E-state index in [1.807, 2.05) is 0 Å². The third kappa shape index (κ3) is 56.6. The number of hydrogen-bond acceptors (Lipinski definition) is 6. The van der Waals surface area contributed by atoms with Gasteiger partial charge in [0.2, 0.25) is 0 Å². The zero-order chi connectivity index (χ0) is 51.4. The zero-order valence-corrected chi connectivity index (χ0v) is 45.9. The highest BCUT2D eigenvalue weighted by atomic mass is 16.6. The molecule has 6 nitrogen and oxygen atoms in total. The summed E-state index contributed by atoms with van der Waals surface area (Å²) in [4.78, 5) is 38.1. The minimum absolute atomic E-state index is 0.105. The van der Waals surface area contributed by atoms with Gasteiger partial charge in [-0.3, -0.25) is 14.4 Å². The fraction of sp³-hybridized carbons (Fsp3) is 0.646. The Labute approximate surface area is 437 Å². The highest BCUT2D eigenvalue weighted by Crippen LogP contribution is 2.15. The topological polar surface area (TPSA) is 78.9 Å². The van der Waals surface area contributed by atoms with Crippen molar-refractivity contribution in [3.8, 4) is 0 Å². The second kappa shape index (κ2) is 58.4. The zero-order valence-electron chi connectivity index (χ0n) is 45.9. The monoisotopic (exact) mass is 983 g/mol. The van der Waals surface area contributed by atoms with Crippen LogP contribution >= 0.6 is 0 Å². The molecule has 0 amide bonds. The van der Waals surface area contributed by atoms with Crippen LogP contribution in [0.5, 0.6) is 0 Å². The van der Waals surface area contributed by atoms with Crippen LogP contribution in [0.25, 0.3) is 0 Å². The summed E-state index contributed by atoms with van der Waals surface area (Å²) in [6.07, 6.45) is 80.5. The molecule has 0 fully saturated rings. The Morgan fingerprint density at radius 3 is 0.901 bits per heavy atom. The molecule has 0 radical (unpaired) electrons. The van der Waals surface area contributed by atoms with Crippen molar-refractivity contribution in [3.05, 3.63) is 122 Å². The molecule has 0 aliphatic carbocycles. The summed E-state index contributed by atoms with van der Waals surface area (Å²) in [6, 6.07) is 0. The van der Waals surface area contributed by atoms with E-state index in [4.69, 9.17) is 14.2 Å². The summed E-state index contributed by atoms with van der Waals surface area (Å²) in [7, 11) is 0. The first kappa shape index (κ1) is 66.8. The van der Waals surface area contributed by atoms with Crippen LogP contribution in [0, 0.1) is 0 Å². The summed E-state index contributed by atoms with van der Waals surface area (Å²) in [6.45, 7) is 6.36. The van der Waals surface area contributed by atoms with E-state index in [-0.39, 0.29) is 37.5 Å². The Bertz CT molecular complexity index is 1500. The van der Waals surface area contributed by atoms with Gasteiger partial charge in [-0.25, -0.2) is 0 Å². The van der Waals surface area contributed by atoms with Gasteiger partial charge in [-0.05, 0) is 103 Å². The van der Waals surface area contributed by atoms with Gasteiger partial charge in [-0.1, -0.05) is 251 Å². The molecular formula is C65H106O6. The van der Waals surface area contributed by atoms with Crippen LogP contribution in [0.15, 0.2) is 122 Å². The van der Waals surface area contributed by atoms with Gasteiger partial charge in [-0.15, -0.1) is 0 Å². The third-order valence-electron chi connectivity index (χ3n) is 12.0. The molecule has 0 saturated heterocycles. The number of rotatable bonds is 51. The normalized spacial score (nSPS) is 13.0. The average Bonchev–Trinajstić information content (AvgIpc) is 3.37. The van der Waals surface area contributed by atoms with E-state index >= 15 is 0 Å². The van der Waals surface area contributed by atoms with Crippen LogP contribution in [0.4, 0.5) is 0 Å². The van der Waals surface area contributed by atoms with Gasteiger partial charge < -0.3 is 14.2 Å². The third-order valence-corrected chi connectivity index (χ3v) is 12.0. The van der Waals surface area contributed by atoms with E-state index in [1.165, 1.54) is 89.9 Å². The van der Waals surface area contributed by atoms with Crippen molar-refractivity contribution >= 4 is 17.9 Å². The van der Waals surface area contributed by atoms with Crippen molar-refractivity contribution in [1.82, 2.24) is 0 Å².